The van der Waals surface area contributed by atoms with Gasteiger partial charge in [0, 0.05) is 11.1 Å². The summed E-state index contributed by atoms with van der Waals surface area (Å²) in [5.41, 5.74) is 6.75. The molecule has 94 valence electrons. The van der Waals surface area contributed by atoms with E-state index in [0.29, 0.717) is 17.5 Å². The normalized spacial score (nSPS) is 25.4. The first-order valence-electron chi connectivity index (χ1n) is 6.05. The molecule has 4 heteroatoms. The maximum Gasteiger partial charge on any atom is 0.125 e. The van der Waals surface area contributed by atoms with Gasteiger partial charge in [-0.3, -0.25) is 4.90 Å². The lowest BCUT2D eigenvalue weighted by atomic mass is 9.94. The summed E-state index contributed by atoms with van der Waals surface area (Å²) in [7, 11) is 0. The molecule has 2 unspecified atom stereocenters. The average molecular weight is 257 g/mol. The van der Waals surface area contributed by atoms with Crippen molar-refractivity contribution in [2.45, 2.75) is 19.4 Å². The molecule has 0 saturated carbocycles. The van der Waals surface area contributed by atoms with Crippen molar-refractivity contribution in [2.75, 3.05) is 19.6 Å². The molecule has 2 nitrogen and oxygen atoms in total. The highest BCUT2D eigenvalue weighted by atomic mass is 35.5. The van der Waals surface area contributed by atoms with Crippen molar-refractivity contribution in [1.29, 1.82) is 0 Å². The third-order valence-electron chi connectivity index (χ3n) is 3.56. The van der Waals surface area contributed by atoms with E-state index in [-0.39, 0.29) is 11.9 Å². The zero-order valence-electron chi connectivity index (χ0n) is 10.00. The fourth-order valence-electron chi connectivity index (χ4n) is 2.76. The Morgan fingerprint density at radius 3 is 2.82 bits per heavy atom. The fraction of sp³-hybridized carbons (Fsp3) is 0.538. The van der Waals surface area contributed by atoms with E-state index in [1.807, 2.05) is 6.07 Å². The predicted octanol–water partition coefficient (Wildman–Crippen LogP) is 2.82. The number of nitrogens with two attached hydrogens (primary N) is 1. The van der Waals surface area contributed by atoms with Crippen LogP contribution in [-0.4, -0.2) is 24.5 Å². The van der Waals surface area contributed by atoms with Crippen LogP contribution in [0.25, 0.3) is 0 Å². The molecule has 2 atom stereocenters. The van der Waals surface area contributed by atoms with Crippen LogP contribution >= 0.6 is 11.6 Å². The predicted molar refractivity (Wildman–Crippen MR) is 68.6 cm³/mol. The molecule has 1 fully saturated rings. The summed E-state index contributed by atoms with van der Waals surface area (Å²) in [4.78, 5) is 2.34. The maximum atomic E-state index is 13.4. The van der Waals surface area contributed by atoms with E-state index < -0.39 is 0 Å². The molecular formula is C13H18ClFN2. The molecule has 0 aromatic heterocycles. The first kappa shape index (κ1) is 12.8. The molecule has 0 bridgehead atoms. The van der Waals surface area contributed by atoms with Crippen molar-refractivity contribution in [3.63, 3.8) is 0 Å². The third kappa shape index (κ3) is 2.62. The van der Waals surface area contributed by atoms with Crippen molar-refractivity contribution in [1.82, 2.24) is 4.90 Å². The van der Waals surface area contributed by atoms with Crippen molar-refractivity contribution in [2.24, 2.45) is 11.7 Å². The minimum atomic E-state index is -0.272. The molecule has 1 aromatic rings. The first-order valence-corrected chi connectivity index (χ1v) is 6.43. The lowest BCUT2D eigenvalue weighted by molar-refractivity contribution is 0.241. The molecule has 1 saturated heterocycles. The molecule has 0 radical (unpaired) electrons. The highest BCUT2D eigenvalue weighted by Crippen LogP contribution is 2.37. The largest absolute Gasteiger partial charge is 0.330 e. The Kier molecular flexibility index (Phi) is 4.02. The van der Waals surface area contributed by atoms with E-state index in [2.05, 4.69) is 11.8 Å². The lowest BCUT2D eigenvalue weighted by Gasteiger charge is -2.27. The highest BCUT2D eigenvalue weighted by molar-refractivity contribution is 6.30. The van der Waals surface area contributed by atoms with Gasteiger partial charge >= 0.3 is 0 Å². The zero-order chi connectivity index (χ0) is 12.4. The summed E-state index contributed by atoms with van der Waals surface area (Å²) in [5, 5.41) is 0.457. The Morgan fingerprint density at radius 1 is 1.47 bits per heavy atom. The zero-order valence-corrected chi connectivity index (χ0v) is 10.8. The average Bonchev–Trinajstić information content (AvgIpc) is 2.70. The molecule has 2 rings (SSSR count). The van der Waals surface area contributed by atoms with Gasteiger partial charge in [0.05, 0.1) is 0 Å². The molecule has 0 amide bonds. The maximum absolute atomic E-state index is 13.4. The molecule has 2 N–H and O–H groups in total. The van der Waals surface area contributed by atoms with Gasteiger partial charge in [-0.25, -0.2) is 4.39 Å². The summed E-state index contributed by atoms with van der Waals surface area (Å²) < 4.78 is 13.4. The van der Waals surface area contributed by atoms with Gasteiger partial charge in [-0.1, -0.05) is 18.5 Å². The smallest absolute Gasteiger partial charge is 0.125 e. The number of likely N-dealkylation sites (tertiary alicyclic amines) is 1. The molecule has 1 aliphatic rings. The van der Waals surface area contributed by atoms with Gasteiger partial charge in [-0.2, -0.15) is 0 Å². The van der Waals surface area contributed by atoms with Gasteiger partial charge in [0.15, 0.2) is 0 Å². The SMILES string of the molecule is CCN1CCC(CN)C1c1cc(F)cc(Cl)c1. The van der Waals surface area contributed by atoms with Crippen LogP contribution in [0.2, 0.25) is 5.02 Å². The number of hydrogen-bond acceptors (Lipinski definition) is 2. The van der Waals surface area contributed by atoms with Crippen LogP contribution in [0.1, 0.15) is 24.9 Å². The van der Waals surface area contributed by atoms with E-state index >= 15 is 0 Å². The summed E-state index contributed by atoms with van der Waals surface area (Å²) in [6, 6.07) is 4.98. The van der Waals surface area contributed by atoms with Gasteiger partial charge in [-0.15, -0.1) is 0 Å². The van der Waals surface area contributed by atoms with Gasteiger partial charge < -0.3 is 5.73 Å². The fourth-order valence-corrected chi connectivity index (χ4v) is 2.99. The summed E-state index contributed by atoms with van der Waals surface area (Å²) in [6.07, 6.45) is 1.07. The van der Waals surface area contributed by atoms with Crippen LogP contribution < -0.4 is 5.73 Å². The summed E-state index contributed by atoms with van der Waals surface area (Å²) in [6.45, 7) is 4.73. The third-order valence-corrected chi connectivity index (χ3v) is 3.78. The Balaban J connectivity index is 2.34. The molecule has 1 aromatic carbocycles. The first-order chi connectivity index (χ1) is 8.15. The van der Waals surface area contributed by atoms with E-state index in [1.54, 1.807) is 6.07 Å². The Morgan fingerprint density at radius 2 is 2.24 bits per heavy atom. The van der Waals surface area contributed by atoms with Crippen molar-refractivity contribution in [3.8, 4) is 0 Å². The molecule has 1 aliphatic heterocycles. The lowest BCUT2D eigenvalue weighted by Crippen LogP contribution is -2.28. The standard InChI is InChI=1S/C13H18ClFN2/c1-2-17-4-3-9(8-16)13(17)10-5-11(14)7-12(15)6-10/h5-7,9,13H,2-4,8,16H2,1H3. The summed E-state index contributed by atoms with van der Waals surface area (Å²) >= 11 is 5.92. The van der Waals surface area contributed by atoms with E-state index in [1.165, 1.54) is 6.07 Å². The number of halogens is 2. The number of rotatable bonds is 3. The Hall–Kier alpha value is -0.640. The van der Waals surface area contributed by atoms with Crippen LogP contribution in [0, 0.1) is 11.7 Å². The second-order valence-electron chi connectivity index (χ2n) is 4.56. The second kappa shape index (κ2) is 5.34. The van der Waals surface area contributed by atoms with Gasteiger partial charge in [0.2, 0.25) is 0 Å². The number of hydrogen-bond donors (Lipinski definition) is 1. The number of nitrogens with zero attached hydrogens (tertiary/aromatic N) is 1. The summed E-state index contributed by atoms with van der Waals surface area (Å²) in [5.74, 6) is 0.124. The molecule has 0 aliphatic carbocycles. The topological polar surface area (TPSA) is 29.3 Å². The van der Waals surface area contributed by atoms with Gasteiger partial charge in [0.1, 0.15) is 5.82 Å². The van der Waals surface area contributed by atoms with Crippen LogP contribution in [-0.2, 0) is 0 Å². The molecular weight excluding hydrogens is 239 g/mol. The molecule has 17 heavy (non-hydrogen) atoms. The molecule has 1 heterocycles. The highest BCUT2D eigenvalue weighted by Gasteiger charge is 2.33. The van der Waals surface area contributed by atoms with E-state index in [4.69, 9.17) is 17.3 Å². The minimum absolute atomic E-state index is 0.207. The second-order valence-corrected chi connectivity index (χ2v) is 5.00. The van der Waals surface area contributed by atoms with E-state index in [9.17, 15) is 4.39 Å². The van der Waals surface area contributed by atoms with Crippen LogP contribution in [0.4, 0.5) is 4.39 Å². The minimum Gasteiger partial charge on any atom is -0.330 e. The monoisotopic (exact) mass is 256 g/mol. The van der Waals surface area contributed by atoms with E-state index in [0.717, 1.165) is 25.1 Å². The van der Waals surface area contributed by atoms with Crippen molar-refractivity contribution < 1.29 is 4.39 Å². The van der Waals surface area contributed by atoms with Crippen LogP contribution in [0.5, 0.6) is 0 Å². The Labute approximate surface area is 107 Å². The van der Waals surface area contributed by atoms with Crippen LogP contribution in [0.3, 0.4) is 0 Å². The van der Waals surface area contributed by atoms with Gasteiger partial charge in [0.25, 0.3) is 0 Å². The van der Waals surface area contributed by atoms with Gasteiger partial charge in [-0.05, 0) is 55.7 Å². The molecule has 0 spiro atoms. The van der Waals surface area contributed by atoms with Crippen LogP contribution in [0.15, 0.2) is 18.2 Å². The number of benzene rings is 1. The van der Waals surface area contributed by atoms with Crippen molar-refractivity contribution >= 4 is 11.6 Å². The van der Waals surface area contributed by atoms with Crippen molar-refractivity contribution in [3.05, 3.63) is 34.6 Å². The quantitative estimate of drug-likeness (QED) is 0.901. The Bertz CT molecular complexity index is 365.